The summed E-state index contributed by atoms with van der Waals surface area (Å²) in [4.78, 5) is 23.5. The molecule has 0 bridgehead atoms. The summed E-state index contributed by atoms with van der Waals surface area (Å²) in [6.07, 6.45) is 5.05. The van der Waals surface area contributed by atoms with E-state index in [2.05, 4.69) is 31.4 Å². The Labute approximate surface area is 195 Å². The molecule has 1 amide bonds. The maximum atomic E-state index is 12.7. The third-order valence-corrected chi connectivity index (χ3v) is 4.83. The van der Waals surface area contributed by atoms with Crippen LogP contribution in [-0.4, -0.2) is 37.5 Å². The largest absolute Gasteiger partial charge is 0.497 e. The van der Waals surface area contributed by atoms with E-state index in [4.69, 9.17) is 9.47 Å². The van der Waals surface area contributed by atoms with E-state index < -0.39 is 10.8 Å². The number of non-ortho nitro benzene ring substituents is 1. The molecule has 168 valence electrons. The van der Waals surface area contributed by atoms with Crippen LogP contribution >= 0.6 is 15.9 Å². The highest BCUT2D eigenvalue weighted by atomic mass is 79.9. The summed E-state index contributed by atoms with van der Waals surface area (Å²) in [7, 11) is 1.55. The lowest BCUT2D eigenvalue weighted by atomic mass is 10.2. The van der Waals surface area contributed by atoms with Crippen molar-refractivity contribution in [3.63, 3.8) is 0 Å². The monoisotopic (exact) mass is 512 g/mol. The number of rotatable bonds is 8. The maximum absolute atomic E-state index is 12.7. The number of nitrogens with zero attached hydrogens (tertiary/aromatic N) is 5. The lowest BCUT2D eigenvalue weighted by molar-refractivity contribution is -0.384. The van der Waals surface area contributed by atoms with Gasteiger partial charge in [0.05, 0.1) is 34.5 Å². The van der Waals surface area contributed by atoms with E-state index in [1.807, 2.05) is 0 Å². The molecule has 33 heavy (non-hydrogen) atoms. The average molecular weight is 513 g/mol. The predicted molar refractivity (Wildman–Crippen MR) is 122 cm³/mol. The molecule has 11 nitrogen and oxygen atoms in total. The van der Waals surface area contributed by atoms with Gasteiger partial charge in [0.1, 0.15) is 23.9 Å². The van der Waals surface area contributed by atoms with Crippen LogP contribution in [0.2, 0.25) is 0 Å². The first-order valence-electron chi connectivity index (χ1n) is 9.54. The van der Waals surface area contributed by atoms with Crippen molar-refractivity contribution in [2.45, 2.75) is 6.67 Å². The highest BCUT2D eigenvalue weighted by molar-refractivity contribution is 9.10. The minimum atomic E-state index is -0.562. The molecule has 2 aromatic carbocycles. The van der Waals surface area contributed by atoms with E-state index in [0.29, 0.717) is 18.2 Å². The molecule has 0 fully saturated rings. The topological polar surface area (TPSA) is 126 Å². The molecular weight excluding hydrogens is 496 g/mol. The number of ether oxygens (including phenoxy) is 2. The van der Waals surface area contributed by atoms with Crippen molar-refractivity contribution in [2.24, 2.45) is 0 Å². The molecule has 0 aliphatic rings. The van der Waals surface area contributed by atoms with Crippen LogP contribution < -0.4 is 14.8 Å². The number of hydrogen-bond donors (Lipinski definition) is 1. The number of anilines is 1. The SMILES string of the molecule is COc1ccc(Oc2cc(NC(=O)c3ccn(Cn4cc(Br)cn4)n3)cc([N+](=O)[O-])c2)cc1. The minimum Gasteiger partial charge on any atom is -0.497 e. The van der Waals surface area contributed by atoms with Crippen molar-refractivity contribution >= 4 is 33.2 Å². The summed E-state index contributed by atoms with van der Waals surface area (Å²) in [6.45, 7) is 0.315. The van der Waals surface area contributed by atoms with Crippen LogP contribution in [0.5, 0.6) is 17.2 Å². The average Bonchev–Trinajstić information content (AvgIpc) is 3.43. The van der Waals surface area contributed by atoms with E-state index in [1.54, 1.807) is 65.4 Å². The van der Waals surface area contributed by atoms with Gasteiger partial charge in [0.15, 0.2) is 5.69 Å². The van der Waals surface area contributed by atoms with Crippen LogP contribution in [-0.2, 0) is 6.67 Å². The molecule has 1 N–H and O–H groups in total. The molecule has 12 heteroatoms. The van der Waals surface area contributed by atoms with Gasteiger partial charge in [0.25, 0.3) is 11.6 Å². The summed E-state index contributed by atoms with van der Waals surface area (Å²) >= 11 is 3.32. The second kappa shape index (κ2) is 9.53. The van der Waals surface area contributed by atoms with Crippen LogP contribution in [0.3, 0.4) is 0 Å². The summed E-state index contributed by atoms with van der Waals surface area (Å²) in [5, 5.41) is 22.4. The molecule has 0 saturated heterocycles. The Balaban J connectivity index is 1.50. The molecular formula is C21H17BrN6O5. The quantitative estimate of drug-likeness (QED) is 0.275. The first-order valence-corrected chi connectivity index (χ1v) is 10.3. The fourth-order valence-corrected chi connectivity index (χ4v) is 3.25. The smallest absolute Gasteiger partial charge is 0.276 e. The zero-order valence-corrected chi connectivity index (χ0v) is 18.8. The Hall–Kier alpha value is -4.19. The first-order chi connectivity index (χ1) is 15.9. The van der Waals surface area contributed by atoms with Gasteiger partial charge < -0.3 is 14.8 Å². The van der Waals surface area contributed by atoms with Gasteiger partial charge in [-0.15, -0.1) is 0 Å². The van der Waals surface area contributed by atoms with Gasteiger partial charge in [0, 0.05) is 24.5 Å². The molecule has 4 aromatic rings. The van der Waals surface area contributed by atoms with Gasteiger partial charge >= 0.3 is 0 Å². The zero-order chi connectivity index (χ0) is 23.4. The Morgan fingerprint density at radius 1 is 1.12 bits per heavy atom. The van der Waals surface area contributed by atoms with Gasteiger partial charge in [-0.2, -0.15) is 10.2 Å². The highest BCUT2D eigenvalue weighted by Gasteiger charge is 2.16. The Bertz CT molecular complexity index is 1300. The lowest BCUT2D eigenvalue weighted by Gasteiger charge is -2.09. The lowest BCUT2D eigenvalue weighted by Crippen LogP contribution is -2.15. The fourth-order valence-electron chi connectivity index (χ4n) is 2.92. The van der Waals surface area contributed by atoms with Gasteiger partial charge in [-0.25, -0.2) is 4.68 Å². The number of halogens is 1. The third kappa shape index (κ3) is 5.54. The number of nitrogens with one attached hydrogen (secondary N) is 1. The minimum absolute atomic E-state index is 0.144. The standard InChI is InChI=1S/C21H17BrN6O5/c1-32-17-2-4-18(5-3-17)33-19-9-15(8-16(10-19)28(30)31)24-21(29)20-6-7-26(25-20)13-27-12-14(22)11-23-27/h2-12H,13H2,1H3,(H,24,29). The second-order valence-electron chi connectivity index (χ2n) is 6.78. The number of nitro groups is 1. The molecule has 0 atom stereocenters. The second-order valence-corrected chi connectivity index (χ2v) is 7.70. The predicted octanol–water partition coefficient (Wildman–Crippen LogP) is 4.31. The van der Waals surface area contributed by atoms with Crippen LogP contribution in [0.25, 0.3) is 0 Å². The van der Waals surface area contributed by atoms with Gasteiger partial charge in [-0.05, 0) is 46.3 Å². The molecule has 0 spiro atoms. The number of aromatic nitrogens is 4. The summed E-state index contributed by atoms with van der Waals surface area (Å²) < 4.78 is 14.8. The molecule has 0 aliphatic heterocycles. The molecule has 2 aromatic heterocycles. The van der Waals surface area contributed by atoms with Crippen LogP contribution in [0.1, 0.15) is 10.5 Å². The number of methoxy groups -OCH3 is 1. The normalized spacial score (nSPS) is 10.6. The van der Waals surface area contributed by atoms with Gasteiger partial charge in [0.2, 0.25) is 0 Å². The summed E-state index contributed by atoms with van der Waals surface area (Å²) in [5.41, 5.74) is 0.111. The van der Waals surface area contributed by atoms with E-state index in [1.165, 1.54) is 18.2 Å². The fraction of sp³-hybridized carbons (Fsp3) is 0.0952. The van der Waals surface area contributed by atoms with E-state index in [0.717, 1.165) is 4.47 Å². The van der Waals surface area contributed by atoms with E-state index in [-0.39, 0.29) is 22.8 Å². The number of nitro benzene ring substituents is 1. The van der Waals surface area contributed by atoms with Gasteiger partial charge in [-0.3, -0.25) is 19.6 Å². The van der Waals surface area contributed by atoms with Crippen molar-refractivity contribution < 1.29 is 19.2 Å². The third-order valence-electron chi connectivity index (χ3n) is 4.42. The van der Waals surface area contributed by atoms with E-state index in [9.17, 15) is 14.9 Å². The number of carbonyl (C=O) groups is 1. The van der Waals surface area contributed by atoms with Crippen molar-refractivity contribution in [3.8, 4) is 17.2 Å². The molecule has 2 heterocycles. The molecule has 4 rings (SSSR count). The van der Waals surface area contributed by atoms with Crippen LogP contribution in [0, 0.1) is 10.1 Å². The highest BCUT2D eigenvalue weighted by Crippen LogP contribution is 2.30. The Morgan fingerprint density at radius 2 is 1.88 bits per heavy atom. The van der Waals surface area contributed by atoms with Crippen molar-refractivity contribution in [3.05, 3.63) is 87.4 Å². The molecule has 0 unspecified atom stereocenters. The number of amides is 1. The molecule has 0 saturated carbocycles. The summed E-state index contributed by atoms with van der Waals surface area (Å²) in [6, 6.07) is 12.3. The van der Waals surface area contributed by atoms with Crippen LogP contribution in [0.15, 0.2) is 71.6 Å². The number of hydrogen-bond acceptors (Lipinski definition) is 7. The maximum Gasteiger partial charge on any atom is 0.276 e. The Kier molecular flexibility index (Phi) is 6.36. The van der Waals surface area contributed by atoms with Crippen molar-refractivity contribution in [1.82, 2.24) is 19.6 Å². The number of benzene rings is 2. The summed E-state index contributed by atoms with van der Waals surface area (Å²) in [5.74, 6) is 0.775. The van der Waals surface area contributed by atoms with Crippen LogP contribution in [0.4, 0.5) is 11.4 Å². The molecule has 0 radical (unpaired) electrons. The van der Waals surface area contributed by atoms with Crippen molar-refractivity contribution in [1.29, 1.82) is 0 Å². The molecule has 0 aliphatic carbocycles. The van der Waals surface area contributed by atoms with Crippen molar-refractivity contribution in [2.75, 3.05) is 12.4 Å². The van der Waals surface area contributed by atoms with Gasteiger partial charge in [-0.1, -0.05) is 0 Å². The number of carbonyl (C=O) groups excluding carboxylic acids is 1. The Morgan fingerprint density at radius 3 is 2.55 bits per heavy atom. The first kappa shape index (κ1) is 22.0. The zero-order valence-electron chi connectivity index (χ0n) is 17.2. The van der Waals surface area contributed by atoms with E-state index >= 15 is 0 Å².